The maximum atomic E-state index is 5.47. The number of halogens is 12. The molecule has 4 aromatic heterocycles. The van der Waals surface area contributed by atoms with E-state index < -0.39 is 0 Å². The van der Waals surface area contributed by atoms with E-state index in [-0.39, 0.29) is 87.4 Å². The standard InChI is InChI=1S/C52H36Br8N8.4BrH.Zn/c53-25-37(57)29-65-17-9-33(10-18-65)49-41-1-2-42(61-41)50(34-11-19-66(20-12-34)30-38(58)26-54)44-5-6-46(63-44)52(36-15-23-68(24-16-36)32-40(60)28-56)48-8-7-47(64-48)51(45-4-3-43(49)62-45)35-13-21-67(22-14-35)31-39(59)27-55;;;;;/h1-28H,29-32H2;4*1H;/q+2;;;;;+2/p-4/b37-25-,38-26-,39-27-,40-28-;;;;;. The molecular formula is C52H36Br12N8Zn. The molecular weight excluding hydrogens is 1760 g/mol. The number of aromatic nitrogens is 4. The van der Waals surface area contributed by atoms with Gasteiger partial charge >= 0.3 is 19.5 Å². The van der Waals surface area contributed by atoms with Crippen molar-refractivity contribution in [3.8, 4) is 0 Å². The van der Waals surface area contributed by atoms with E-state index in [2.05, 4.69) is 293 Å². The number of pyridine rings is 3. The summed E-state index contributed by atoms with van der Waals surface area (Å²) in [5.41, 5.74) is 13.9. The van der Waals surface area contributed by atoms with Crippen LogP contribution in [0.1, 0.15) is 28.1 Å². The predicted molar refractivity (Wildman–Crippen MR) is 304 cm³/mol. The number of fused-ring (bicyclic) bond motifs is 5. The summed E-state index contributed by atoms with van der Waals surface area (Å²) < 4.78 is 10.4. The minimum Gasteiger partial charge on any atom is -1.00 e. The summed E-state index contributed by atoms with van der Waals surface area (Å²) in [6, 6.07) is 16.9. The Bertz CT molecular complexity index is 3220. The number of aliphatic imine (C=N–C) groups is 3. The van der Waals surface area contributed by atoms with Gasteiger partial charge in [0.15, 0.2) is 56.8 Å². The number of nitrogens with zero attached hydrogens (tertiary/aromatic N) is 8. The third-order valence-corrected chi connectivity index (χ3v) is 17.7. The first kappa shape index (κ1) is 64.1. The summed E-state index contributed by atoms with van der Waals surface area (Å²) in [6.45, 7) is 2.70. The zero-order valence-electron chi connectivity index (χ0n) is 37.8. The predicted octanol–water partition coefficient (Wildman–Crippen LogP) is 1.66. The second kappa shape index (κ2) is 30.1. The minimum atomic E-state index is 0. The number of allylic oxidation sites excluding steroid dienone is 14. The van der Waals surface area contributed by atoms with E-state index in [1.807, 2.05) is 19.9 Å². The molecule has 0 saturated carbocycles. The molecule has 0 atom stereocenters. The van der Waals surface area contributed by atoms with Gasteiger partial charge in [0.25, 0.3) is 0 Å². The first-order valence-corrected chi connectivity index (χ1v) is 27.8. The van der Waals surface area contributed by atoms with E-state index in [0.29, 0.717) is 26.2 Å². The molecule has 0 spiro atoms. The maximum absolute atomic E-state index is 5.47. The molecule has 0 N–H and O–H groups in total. The molecule has 0 unspecified atom stereocenters. The molecule has 370 valence electrons. The van der Waals surface area contributed by atoms with Crippen molar-refractivity contribution in [2.24, 2.45) is 15.0 Å². The number of hydrogen-bond donors (Lipinski definition) is 0. The Morgan fingerprint density at radius 3 is 1.12 bits per heavy atom. The van der Waals surface area contributed by atoms with E-state index in [4.69, 9.17) is 20.0 Å². The molecule has 21 heteroatoms. The van der Waals surface area contributed by atoms with Crippen molar-refractivity contribution >= 4 is 161 Å². The van der Waals surface area contributed by atoms with Crippen LogP contribution in [-0.4, -0.2) is 28.6 Å². The quantitative estimate of drug-likeness (QED) is 0.170. The Morgan fingerprint density at radius 2 is 0.767 bits per heavy atom. The monoisotopic (exact) mass is 1780 g/mol. The number of rotatable bonds is 11. The van der Waals surface area contributed by atoms with Crippen LogP contribution >= 0.6 is 127 Å². The van der Waals surface area contributed by atoms with Crippen molar-refractivity contribution in [2.45, 2.75) is 19.6 Å². The van der Waals surface area contributed by atoms with Crippen molar-refractivity contribution in [2.75, 3.05) is 6.54 Å². The van der Waals surface area contributed by atoms with Gasteiger partial charge in [-0.1, -0.05) is 91.8 Å². The Kier molecular flexibility index (Phi) is 26.4. The summed E-state index contributed by atoms with van der Waals surface area (Å²) in [5, 5.41) is 0. The Morgan fingerprint density at radius 1 is 0.438 bits per heavy atom. The minimum absolute atomic E-state index is 0. The first-order chi connectivity index (χ1) is 33.1. The van der Waals surface area contributed by atoms with Crippen molar-refractivity contribution in [1.82, 2.24) is 9.88 Å². The van der Waals surface area contributed by atoms with E-state index in [1.54, 1.807) is 0 Å². The molecule has 4 aromatic rings. The molecule has 0 amide bonds. The Labute approximate surface area is 546 Å². The smallest absolute Gasteiger partial charge is 1.00 e. The zero-order valence-corrected chi connectivity index (χ0v) is 59.8. The van der Waals surface area contributed by atoms with Gasteiger partial charge < -0.3 is 77.8 Å². The molecule has 0 fully saturated rings. The van der Waals surface area contributed by atoms with Crippen LogP contribution in [0.5, 0.6) is 0 Å². The zero-order chi connectivity index (χ0) is 47.3. The normalized spacial score (nSPS) is 16.2. The fourth-order valence-corrected chi connectivity index (χ4v) is 9.76. The average Bonchev–Trinajstić information content (AvgIpc) is 4.22. The second-order valence-electron chi connectivity index (χ2n) is 15.6. The van der Waals surface area contributed by atoms with Crippen LogP contribution in [0, 0.1) is 0 Å². The summed E-state index contributed by atoms with van der Waals surface area (Å²) in [7, 11) is 0. The van der Waals surface area contributed by atoms with E-state index in [9.17, 15) is 0 Å². The van der Waals surface area contributed by atoms with Crippen LogP contribution < -0.4 is 86.6 Å². The first-order valence-electron chi connectivity index (χ1n) is 20.9. The molecule has 8 nitrogen and oxygen atoms in total. The van der Waals surface area contributed by atoms with E-state index >= 15 is 0 Å². The number of hydrogen-bond acceptors (Lipinski definition) is 4. The average molecular weight is 1800 g/mol. The van der Waals surface area contributed by atoms with Gasteiger partial charge in [0, 0.05) is 64.4 Å². The molecule has 8 bridgehead atoms. The Hall–Kier alpha value is -1.46. The van der Waals surface area contributed by atoms with Crippen molar-refractivity contribution in [3.05, 3.63) is 241 Å². The van der Waals surface area contributed by atoms with Crippen molar-refractivity contribution in [3.63, 3.8) is 0 Å². The van der Waals surface area contributed by atoms with Crippen LogP contribution in [0.2, 0.25) is 0 Å². The van der Waals surface area contributed by atoms with Gasteiger partial charge in [-0.3, -0.25) is 0 Å². The van der Waals surface area contributed by atoms with Crippen LogP contribution in [-0.2, 0) is 39.1 Å². The summed E-state index contributed by atoms with van der Waals surface area (Å²) in [4.78, 5) is 31.5. The molecule has 0 radical (unpaired) electrons. The van der Waals surface area contributed by atoms with E-state index in [1.165, 1.54) is 0 Å². The van der Waals surface area contributed by atoms with Gasteiger partial charge in [0.2, 0.25) is 0 Å². The van der Waals surface area contributed by atoms with Gasteiger partial charge in [-0.2, -0.15) is 0 Å². The Balaban J connectivity index is 0.00000231. The third-order valence-electron chi connectivity index (χ3n) is 11.1. The summed E-state index contributed by atoms with van der Waals surface area (Å²) in [5.74, 6) is 0. The van der Waals surface area contributed by atoms with Gasteiger partial charge in [0.1, 0.15) is 0 Å². The fraction of sp³-hybridized carbons (Fsp3) is 0.0769. The molecule has 9 rings (SSSR count). The van der Waals surface area contributed by atoms with Crippen LogP contribution in [0.25, 0.3) is 16.7 Å². The van der Waals surface area contributed by atoms with Crippen LogP contribution in [0.4, 0.5) is 0 Å². The van der Waals surface area contributed by atoms with Gasteiger partial charge in [-0.05, 0) is 150 Å². The summed E-state index contributed by atoms with van der Waals surface area (Å²) >= 11 is 28.3. The van der Waals surface area contributed by atoms with E-state index in [0.717, 1.165) is 108 Å². The van der Waals surface area contributed by atoms with Crippen molar-refractivity contribution in [1.29, 1.82) is 0 Å². The third kappa shape index (κ3) is 15.4. The topological polar surface area (TPSA) is 66.1 Å². The fourth-order valence-electron chi connectivity index (χ4n) is 8.02. The molecule has 5 aliphatic heterocycles. The largest absolute Gasteiger partial charge is 2.00 e. The molecule has 0 aromatic carbocycles. The van der Waals surface area contributed by atoms with Crippen LogP contribution in [0.3, 0.4) is 0 Å². The molecule has 5 aliphatic rings. The molecule has 73 heavy (non-hydrogen) atoms. The molecule has 0 aliphatic carbocycles. The molecule has 9 heterocycles. The van der Waals surface area contributed by atoms with Crippen molar-refractivity contribution < 1.29 is 101 Å². The van der Waals surface area contributed by atoms with Gasteiger partial charge in [-0.15, -0.1) is 11.4 Å². The van der Waals surface area contributed by atoms with Gasteiger partial charge in [0.05, 0.1) is 54.2 Å². The maximum Gasteiger partial charge on any atom is 2.00 e. The van der Waals surface area contributed by atoms with Crippen LogP contribution in [0.15, 0.2) is 228 Å². The van der Waals surface area contributed by atoms with Gasteiger partial charge in [-0.25, -0.2) is 28.7 Å². The molecule has 0 saturated heterocycles. The SMILES string of the molecule is Br/C=C(\Br)CN1C=CC(=C2C3=NC(=C(c4cc[n+](C/C(Br)=C/Br)cc4)C4=NC(=C(c5cc[n+](C/C(Br)=C/Br)cc5)c5ccc([n-]5)C(c5cc[n+](C/C(Br)=C/Br)cc5)=C5C=CC2=N5)C=C4)C=C3)C=C1.[Br-].[Br-].[Br-].[Br-].[Zn+2]. The summed E-state index contributed by atoms with van der Waals surface area (Å²) in [6.07, 6.45) is 33.5. The second-order valence-corrected chi connectivity index (χ2v) is 21.5.